The van der Waals surface area contributed by atoms with Crippen LogP contribution >= 0.6 is 0 Å². The van der Waals surface area contributed by atoms with E-state index in [4.69, 9.17) is 5.11 Å². The smallest absolute Gasteiger partial charge is 0.294 e. The second-order valence-corrected chi connectivity index (χ2v) is 7.30. The Morgan fingerprint density at radius 1 is 1.19 bits per heavy atom. The molecular weight excluding hydrogens is 288 g/mol. The van der Waals surface area contributed by atoms with Crippen molar-refractivity contribution in [3.63, 3.8) is 0 Å². The van der Waals surface area contributed by atoms with Crippen LogP contribution in [0.25, 0.3) is 0 Å². The lowest BCUT2D eigenvalue weighted by molar-refractivity contribution is 0.288. The highest BCUT2D eigenvalue weighted by Gasteiger charge is 2.25. The number of aliphatic hydroxyl groups is 1. The van der Waals surface area contributed by atoms with Crippen LogP contribution in [0.2, 0.25) is 0 Å². The van der Waals surface area contributed by atoms with Crippen LogP contribution in [0.1, 0.15) is 61.1 Å². The van der Waals surface area contributed by atoms with Crippen LogP contribution in [-0.2, 0) is 16.5 Å². The molecule has 0 atom stereocenters. The van der Waals surface area contributed by atoms with Gasteiger partial charge in [-0.05, 0) is 61.3 Å². The van der Waals surface area contributed by atoms with Gasteiger partial charge in [0.05, 0.1) is 4.90 Å². The molecule has 0 saturated heterocycles. The topological polar surface area (TPSA) is 74.6 Å². The molecule has 5 heteroatoms. The Kier molecular flexibility index (Phi) is 5.41. The molecule has 1 aromatic carbocycles. The summed E-state index contributed by atoms with van der Waals surface area (Å²) in [6.07, 6.45) is 6.70. The van der Waals surface area contributed by atoms with Crippen LogP contribution in [0.3, 0.4) is 0 Å². The summed E-state index contributed by atoms with van der Waals surface area (Å²) >= 11 is 0. The maximum atomic E-state index is 11.7. The average Bonchev–Trinajstić information content (AvgIpc) is 2.44. The minimum atomic E-state index is -4.22. The van der Waals surface area contributed by atoms with Gasteiger partial charge in [0.25, 0.3) is 10.1 Å². The van der Waals surface area contributed by atoms with Crippen LogP contribution in [0.5, 0.6) is 0 Å². The van der Waals surface area contributed by atoms with Crippen molar-refractivity contribution in [1.82, 2.24) is 0 Å². The second-order valence-electron chi connectivity index (χ2n) is 5.91. The van der Waals surface area contributed by atoms with Gasteiger partial charge < -0.3 is 5.11 Å². The fourth-order valence-corrected chi connectivity index (χ4v) is 4.24. The molecular formula is C16H24O4S. The zero-order chi connectivity index (χ0) is 15.5. The van der Waals surface area contributed by atoms with Crippen molar-refractivity contribution in [2.45, 2.75) is 62.7 Å². The molecule has 2 N–H and O–H groups in total. The summed E-state index contributed by atoms with van der Waals surface area (Å²) in [5.41, 5.74) is 2.87. The van der Waals surface area contributed by atoms with Gasteiger partial charge in [0.15, 0.2) is 0 Å². The van der Waals surface area contributed by atoms with Crippen molar-refractivity contribution in [2.75, 3.05) is 6.61 Å². The first-order valence-electron chi connectivity index (χ1n) is 7.66. The van der Waals surface area contributed by atoms with E-state index in [1.165, 1.54) is 25.3 Å². The van der Waals surface area contributed by atoms with Crippen LogP contribution in [0.4, 0.5) is 0 Å². The quantitative estimate of drug-likeness (QED) is 0.819. The lowest BCUT2D eigenvalue weighted by Crippen LogP contribution is -2.14. The molecule has 1 fully saturated rings. The molecule has 21 heavy (non-hydrogen) atoms. The van der Waals surface area contributed by atoms with Gasteiger partial charge in [0, 0.05) is 6.61 Å². The minimum absolute atomic E-state index is 0.0159. The summed E-state index contributed by atoms with van der Waals surface area (Å²) in [5, 5.41) is 9.08. The van der Waals surface area contributed by atoms with E-state index in [0.717, 1.165) is 24.0 Å². The molecule has 1 aromatic rings. The Balaban J connectivity index is 2.54. The van der Waals surface area contributed by atoms with Gasteiger partial charge >= 0.3 is 0 Å². The molecule has 0 aliphatic heterocycles. The Labute approximate surface area is 126 Å². The molecule has 0 heterocycles. The van der Waals surface area contributed by atoms with Gasteiger partial charge in [-0.3, -0.25) is 4.55 Å². The maximum absolute atomic E-state index is 11.7. The maximum Gasteiger partial charge on any atom is 0.294 e. The molecule has 4 nitrogen and oxygen atoms in total. The molecule has 118 valence electrons. The molecule has 1 aliphatic rings. The highest BCUT2D eigenvalue weighted by atomic mass is 32.2. The number of rotatable bonds is 5. The van der Waals surface area contributed by atoms with Crippen molar-refractivity contribution >= 4 is 10.1 Å². The van der Waals surface area contributed by atoms with Gasteiger partial charge in [0.2, 0.25) is 0 Å². The SMILES string of the molecule is Cc1ccc(S(=O)(=O)O)c(CCCO)c1C1CCCCC1. The summed E-state index contributed by atoms with van der Waals surface area (Å²) in [5.74, 6) is 0.370. The standard InChI is InChI=1S/C16H24O4S/c1-12-9-10-15(21(18,19)20)14(8-5-11-17)16(12)13-6-3-2-4-7-13/h9-10,13,17H,2-8,11H2,1H3,(H,18,19,20). The molecule has 0 amide bonds. The molecule has 0 bridgehead atoms. The van der Waals surface area contributed by atoms with Gasteiger partial charge in [-0.15, -0.1) is 0 Å². The molecule has 1 saturated carbocycles. The first kappa shape index (κ1) is 16.5. The fourth-order valence-electron chi connectivity index (χ4n) is 3.48. The van der Waals surface area contributed by atoms with Crippen molar-refractivity contribution in [3.05, 3.63) is 28.8 Å². The van der Waals surface area contributed by atoms with E-state index >= 15 is 0 Å². The van der Waals surface area contributed by atoms with Crippen molar-refractivity contribution < 1.29 is 18.1 Å². The Bertz CT molecular complexity index is 587. The van der Waals surface area contributed by atoms with Gasteiger partial charge in [-0.2, -0.15) is 8.42 Å². The van der Waals surface area contributed by atoms with E-state index in [-0.39, 0.29) is 11.5 Å². The van der Waals surface area contributed by atoms with E-state index in [9.17, 15) is 13.0 Å². The van der Waals surface area contributed by atoms with Gasteiger partial charge in [0.1, 0.15) is 0 Å². The largest absolute Gasteiger partial charge is 0.396 e. The van der Waals surface area contributed by atoms with Gasteiger partial charge in [-0.25, -0.2) is 0 Å². The van der Waals surface area contributed by atoms with Crippen LogP contribution in [-0.4, -0.2) is 24.7 Å². The Hall–Kier alpha value is -0.910. The zero-order valence-corrected chi connectivity index (χ0v) is 13.3. The van der Waals surface area contributed by atoms with E-state index in [0.29, 0.717) is 24.3 Å². The Morgan fingerprint density at radius 3 is 2.43 bits per heavy atom. The predicted octanol–water partition coefficient (Wildman–Crippen LogP) is 3.21. The normalized spacial score (nSPS) is 17.1. The number of benzene rings is 1. The molecule has 0 unspecified atom stereocenters. The van der Waals surface area contributed by atoms with Gasteiger partial charge in [-0.1, -0.05) is 25.3 Å². The van der Waals surface area contributed by atoms with E-state index in [1.54, 1.807) is 6.07 Å². The number of aliphatic hydroxyl groups excluding tert-OH is 1. The number of hydrogen-bond donors (Lipinski definition) is 2. The summed E-state index contributed by atoms with van der Waals surface area (Å²) in [7, 11) is -4.22. The highest BCUT2D eigenvalue weighted by molar-refractivity contribution is 7.85. The summed E-state index contributed by atoms with van der Waals surface area (Å²) in [4.78, 5) is 0.0159. The fraction of sp³-hybridized carbons (Fsp3) is 0.625. The number of aryl methyl sites for hydroxylation is 1. The lowest BCUT2D eigenvalue weighted by atomic mass is 9.79. The third-order valence-corrected chi connectivity index (χ3v) is 5.35. The van der Waals surface area contributed by atoms with E-state index in [1.807, 2.05) is 6.92 Å². The molecule has 0 radical (unpaired) electrons. The van der Waals surface area contributed by atoms with Crippen molar-refractivity contribution in [3.8, 4) is 0 Å². The molecule has 1 aliphatic carbocycles. The molecule has 0 aromatic heterocycles. The van der Waals surface area contributed by atoms with E-state index in [2.05, 4.69) is 0 Å². The highest BCUT2D eigenvalue weighted by Crippen LogP contribution is 2.38. The first-order valence-corrected chi connectivity index (χ1v) is 9.10. The van der Waals surface area contributed by atoms with E-state index < -0.39 is 10.1 Å². The predicted molar refractivity (Wildman–Crippen MR) is 82.2 cm³/mol. The molecule has 2 rings (SSSR count). The third-order valence-electron chi connectivity index (χ3n) is 4.41. The lowest BCUT2D eigenvalue weighted by Gasteiger charge is -2.27. The monoisotopic (exact) mass is 312 g/mol. The van der Waals surface area contributed by atoms with Crippen molar-refractivity contribution in [2.24, 2.45) is 0 Å². The zero-order valence-electron chi connectivity index (χ0n) is 12.5. The summed E-state index contributed by atoms with van der Waals surface area (Å²) in [6.45, 7) is 2.02. The Morgan fingerprint density at radius 2 is 1.86 bits per heavy atom. The summed E-state index contributed by atoms with van der Waals surface area (Å²) in [6, 6.07) is 3.28. The van der Waals surface area contributed by atoms with Crippen LogP contribution < -0.4 is 0 Å². The number of hydrogen-bond acceptors (Lipinski definition) is 3. The van der Waals surface area contributed by atoms with Crippen molar-refractivity contribution in [1.29, 1.82) is 0 Å². The second kappa shape index (κ2) is 6.90. The summed E-state index contributed by atoms with van der Waals surface area (Å²) < 4.78 is 32.8. The van der Waals surface area contributed by atoms with Crippen LogP contribution in [0.15, 0.2) is 17.0 Å². The first-order chi connectivity index (χ1) is 9.95. The van der Waals surface area contributed by atoms with Crippen LogP contribution in [0, 0.1) is 6.92 Å². The molecule has 0 spiro atoms. The minimum Gasteiger partial charge on any atom is -0.396 e. The average molecular weight is 312 g/mol. The third kappa shape index (κ3) is 3.84.